The van der Waals surface area contributed by atoms with E-state index in [0.29, 0.717) is 18.0 Å². The molecular formula is C28H33N3O3. The molecule has 2 N–H and O–H groups in total. The molecular weight excluding hydrogens is 426 g/mol. The van der Waals surface area contributed by atoms with Crippen molar-refractivity contribution in [3.8, 4) is 5.75 Å². The zero-order chi connectivity index (χ0) is 24.0. The summed E-state index contributed by atoms with van der Waals surface area (Å²) < 4.78 is 5.17. The average molecular weight is 460 g/mol. The summed E-state index contributed by atoms with van der Waals surface area (Å²) in [5.41, 5.74) is 4.43. The van der Waals surface area contributed by atoms with Crippen LogP contribution in [0, 0.1) is 18.3 Å². The maximum Gasteiger partial charge on any atom is 0.244 e. The fourth-order valence-electron chi connectivity index (χ4n) is 5.54. The topological polar surface area (TPSA) is 74.4 Å². The highest BCUT2D eigenvalue weighted by Gasteiger charge is 2.60. The van der Waals surface area contributed by atoms with Crippen LogP contribution in [-0.2, 0) is 9.59 Å². The van der Waals surface area contributed by atoms with Gasteiger partial charge in [0.15, 0.2) is 0 Å². The van der Waals surface area contributed by atoms with Gasteiger partial charge < -0.3 is 19.9 Å². The van der Waals surface area contributed by atoms with Gasteiger partial charge in [0.1, 0.15) is 12.3 Å². The van der Waals surface area contributed by atoms with Crippen LogP contribution >= 0.6 is 0 Å². The number of hydrogen-bond acceptors (Lipinski definition) is 3. The lowest BCUT2D eigenvalue weighted by atomic mass is 10.0. The minimum Gasteiger partial charge on any atom is -0.497 e. The molecule has 0 aliphatic heterocycles. The van der Waals surface area contributed by atoms with E-state index < -0.39 is 0 Å². The van der Waals surface area contributed by atoms with E-state index in [1.54, 1.807) is 36.3 Å². The van der Waals surface area contributed by atoms with E-state index in [9.17, 15) is 9.59 Å². The van der Waals surface area contributed by atoms with Crippen LogP contribution in [0.2, 0.25) is 0 Å². The Bertz CT molecular complexity index is 1220. The Morgan fingerprint density at radius 3 is 2.50 bits per heavy atom. The Morgan fingerprint density at radius 1 is 1.12 bits per heavy atom. The number of rotatable bonds is 8. The summed E-state index contributed by atoms with van der Waals surface area (Å²) in [6.07, 6.45) is 2.42. The second-order valence-corrected chi connectivity index (χ2v) is 10.3. The summed E-state index contributed by atoms with van der Waals surface area (Å²) in [5, 5.41) is 4.17. The third kappa shape index (κ3) is 4.17. The Morgan fingerprint density at radius 2 is 1.82 bits per heavy atom. The van der Waals surface area contributed by atoms with Crippen LogP contribution < -0.4 is 10.1 Å². The number of nitrogens with one attached hydrogen (secondary N) is 2. The molecule has 2 aromatic carbocycles. The average Bonchev–Trinajstić information content (AvgIpc) is 3.70. The van der Waals surface area contributed by atoms with Crippen molar-refractivity contribution in [2.75, 3.05) is 19.0 Å². The molecule has 2 saturated carbocycles. The largest absolute Gasteiger partial charge is 0.497 e. The van der Waals surface area contributed by atoms with Crippen molar-refractivity contribution in [1.82, 2.24) is 9.88 Å². The molecule has 2 amide bonds. The number of anilines is 1. The Labute approximate surface area is 200 Å². The van der Waals surface area contributed by atoms with Crippen LogP contribution in [0.1, 0.15) is 50.3 Å². The fourth-order valence-corrected chi connectivity index (χ4v) is 5.54. The summed E-state index contributed by atoms with van der Waals surface area (Å²) in [6, 6.07) is 15.8. The zero-order valence-electron chi connectivity index (χ0n) is 20.4. The standard InChI is InChI=1S/C28H33N3O3/c1-17-26(21-7-5-6-8-23(21)29-17)27-22(28(27,2)3)15-25(33)31(19-11-12-19)16-24(32)30-18-9-13-20(34-4)14-10-18/h5-10,13-14,19,22,27,29H,11-12,15-16H2,1-4H3,(H,30,32)/t22-,27+/m0/s1. The summed E-state index contributed by atoms with van der Waals surface area (Å²) >= 11 is 0. The molecule has 178 valence electrons. The SMILES string of the molecule is COc1ccc(NC(=O)CN(C(=O)C[C@H]2[C@H](c3c(C)[nH]c4ccccc34)C2(C)C)C2CC2)cc1. The van der Waals surface area contributed by atoms with Gasteiger partial charge in [-0.3, -0.25) is 9.59 Å². The predicted octanol–water partition coefficient (Wildman–Crippen LogP) is 5.24. The fraction of sp³-hybridized carbons (Fsp3) is 0.429. The highest BCUT2D eigenvalue weighted by Crippen LogP contribution is 2.67. The van der Waals surface area contributed by atoms with Gasteiger partial charge in [-0.15, -0.1) is 0 Å². The number of H-pyrrole nitrogens is 1. The Hall–Kier alpha value is -3.28. The molecule has 1 aromatic heterocycles. The lowest BCUT2D eigenvalue weighted by Gasteiger charge is -2.22. The van der Waals surface area contributed by atoms with Crippen LogP contribution in [0.25, 0.3) is 10.9 Å². The van der Waals surface area contributed by atoms with Crippen LogP contribution in [0.4, 0.5) is 5.69 Å². The van der Waals surface area contributed by atoms with E-state index in [4.69, 9.17) is 4.74 Å². The summed E-state index contributed by atoms with van der Waals surface area (Å²) in [5.74, 6) is 1.26. The molecule has 0 radical (unpaired) electrons. The quantitative estimate of drug-likeness (QED) is 0.483. The van der Waals surface area contributed by atoms with E-state index in [1.165, 1.54) is 16.6 Å². The smallest absolute Gasteiger partial charge is 0.244 e. The van der Waals surface area contributed by atoms with Gasteiger partial charge in [0, 0.05) is 34.7 Å². The number of carbonyl (C=O) groups excluding carboxylic acids is 2. The molecule has 2 fully saturated rings. The first-order valence-electron chi connectivity index (χ1n) is 12.1. The number of aromatic amines is 1. The molecule has 0 bridgehead atoms. The first-order chi connectivity index (χ1) is 16.3. The summed E-state index contributed by atoms with van der Waals surface area (Å²) in [4.78, 5) is 31.5. The second kappa shape index (κ2) is 8.49. The first kappa shape index (κ1) is 22.5. The highest BCUT2D eigenvalue weighted by molar-refractivity contribution is 5.95. The number of nitrogens with zero attached hydrogens (tertiary/aromatic N) is 1. The van der Waals surface area contributed by atoms with Crippen molar-refractivity contribution in [3.05, 3.63) is 59.8 Å². The molecule has 6 nitrogen and oxygen atoms in total. The number of ether oxygens (including phenoxy) is 1. The van der Waals surface area contributed by atoms with Crippen molar-refractivity contribution in [3.63, 3.8) is 0 Å². The number of benzene rings is 2. The van der Waals surface area contributed by atoms with Crippen LogP contribution in [0.5, 0.6) is 5.75 Å². The lowest BCUT2D eigenvalue weighted by Crippen LogP contribution is -2.39. The van der Waals surface area contributed by atoms with Gasteiger partial charge in [0.2, 0.25) is 11.8 Å². The van der Waals surface area contributed by atoms with Crippen molar-refractivity contribution in [2.24, 2.45) is 11.3 Å². The molecule has 0 unspecified atom stereocenters. The van der Waals surface area contributed by atoms with Gasteiger partial charge in [-0.25, -0.2) is 0 Å². The van der Waals surface area contributed by atoms with Crippen LogP contribution in [0.3, 0.4) is 0 Å². The number of methoxy groups -OCH3 is 1. The van der Waals surface area contributed by atoms with Crippen molar-refractivity contribution in [1.29, 1.82) is 0 Å². The number of carbonyl (C=O) groups is 2. The molecule has 6 heteroatoms. The van der Waals surface area contributed by atoms with E-state index in [1.807, 2.05) is 6.07 Å². The van der Waals surface area contributed by atoms with Gasteiger partial charge >= 0.3 is 0 Å². The maximum atomic E-state index is 13.4. The Kier molecular flexibility index (Phi) is 5.62. The number of aromatic nitrogens is 1. The van der Waals surface area contributed by atoms with Crippen LogP contribution in [-0.4, -0.2) is 41.4 Å². The maximum absolute atomic E-state index is 13.4. The predicted molar refractivity (Wildman–Crippen MR) is 134 cm³/mol. The molecule has 2 aliphatic rings. The zero-order valence-corrected chi connectivity index (χ0v) is 20.4. The van der Waals surface area contributed by atoms with Crippen molar-refractivity contribution < 1.29 is 14.3 Å². The summed E-state index contributed by atoms with van der Waals surface area (Å²) in [7, 11) is 1.61. The molecule has 3 aromatic rings. The second-order valence-electron chi connectivity index (χ2n) is 10.3. The number of aryl methyl sites for hydroxylation is 1. The number of amides is 2. The van der Waals surface area contributed by atoms with E-state index in [2.05, 4.69) is 49.3 Å². The monoisotopic (exact) mass is 459 g/mol. The highest BCUT2D eigenvalue weighted by atomic mass is 16.5. The number of para-hydroxylation sites is 1. The van der Waals surface area contributed by atoms with Gasteiger partial charge in [-0.1, -0.05) is 32.0 Å². The molecule has 1 heterocycles. The molecule has 5 rings (SSSR count). The third-order valence-electron chi connectivity index (χ3n) is 7.70. The molecule has 2 atom stereocenters. The van der Waals surface area contributed by atoms with Crippen LogP contribution in [0.15, 0.2) is 48.5 Å². The summed E-state index contributed by atoms with van der Waals surface area (Å²) in [6.45, 7) is 6.74. The van der Waals surface area contributed by atoms with Gasteiger partial charge in [0.25, 0.3) is 0 Å². The molecule has 34 heavy (non-hydrogen) atoms. The first-order valence-corrected chi connectivity index (χ1v) is 12.1. The molecule has 0 spiro atoms. The minimum absolute atomic E-state index is 0.0476. The van der Waals surface area contributed by atoms with Crippen molar-refractivity contribution in [2.45, 2.75) is 52.0 Å². The van der Waals surface area contributed by atoms with E-state index >= 15 is 0 Å². The van der Waals surface area contributed by atoms with Crippen molar-refractivity contribution >= 4 is 28.4 Å². The van der Waals surface area contributed by atoms with E-state index in [-0.39, 0.29) is 35.7 Å². The van der Waals surface area contributed by atoms with E-state index in [0.717, 1.165) is 24.1 Å². The van der Waals surface area contributed by atoms with Gasteiger partial charge in [0.05, 0.1) is 7.11 Å². The number of hydrogen-bond donors (Lipinski definition) is 2. The minimum atomic E-state index is -0.163. The van der Waals surface area contributed by atoms with Gasteiger partial charge in [-0.2, -0.15) is 0 Å². The molecule has 2 aliphatic carbocycles. The number of fused-ring (bicyclic) bond motifs is 1. The normalized spacial score (nSPS) is 20.7. The third-order valence-corrected chi connectivity index (χ3v) is 7.70. The Balaban J connectivity index is 1.27. The lowest BCUT2D eigenvalue weighted by molar-refractivity contribution is -0.135. The van der Waals surface area contributed by atoms with Gasteiger partial charge in [-0.05, 0) is 72.9 Å². The molecule has 0 saturated heterocycles.